The summed E-state index contributed by atoms with van der Waals surface area (Å²) in [6.07, 6.45) is 0. The van der Waals surface area contributed by atoms with Gasteiger partial charge in [0, 0.05) is 0 Å². The maximum Gasteiger partial charge on any atom is 0.123 e. The van der Waals surface area contributed by atoms with E-state index in [2.05, 4.69) is 6.07 Å². The first-order valence-corrected chi connectivity index (χ1v) is 4.92. The Kier molecular flexibility index (Phi) is 2.55. The lowest BCUT2D eigenvalue weighted by molar-refractivity contribution is 0.628. The fourth-order valence-corrected chi connectivity index (χ4v) is 1.73. The van der Waals surface area contributed by atoms with Crippen LogP contribution in [0.15, 0.2) is 36.4 Å². The fourth-order valence-electron chi connectivity index (χ4n) is 1.73. The molecule has 0 N–H and O–H groups in total. The first kappa shape index (κ1) is 9.91. The molecule has 0 heterocycles. The third kappa shape index (κ3) is 2.24. The van der Waals surface area contributed by atoms with Gasteiger partial charge in [0.15, 0.2) is 0 Å². The summed E-state index contributed by atoms with van der Waals surface area (Å²) in [5.74, 6) is -0.198. The summed E-state index contributed by atoms with van der Waals surface area (Å²) in [6, 6.07) is 13.9. The van der Waals surface area contributed by atoms with Crippen LogP contribution in [0.5, 0.6) is 0 Å². The molecule has 0 saturated heterocycles. The minimum atomic E-state index is -0.198. The summed E-state index contributed by atoms with van der Waals surface area (Å²) >= 11 is 0. The zero-order valence-electron chi connectivity index (χ0n) is 8.84. The maximum atomic E-state index is 13.0. The van der Waals surface area contributed by atoms with Crippen LogP contribution >= 0.6 is 0 Å². The van der Waals surface area contributed by atoms with Gasteiger partial charge in [-0.05, 0) is 54.3 Å². The average molecular weight is 199 g/mol. The molecule has 2 rings (SSSR count). The molecule has 2 aromatic carbocycles. The van der Waals surface area contributed by atoms with Crippen LogP contribution in [-0.2, 0) is 0 Å². The second kappa shape index (κ2) is 3.85. The lowest BCUT2D eigenvalue weighted by Gasteiger charge is -2.04. The second-order valence-electron chi connectivity index (χ2n) is 3.75. The second-order valence-corrected chi connectivity index (χ2v) is 3.75. The minimum Gasteiger partial charge on any atom is -0.207 e. The Labute approximate surface area is 89.4 Å². The van der Waals surface area contributed by atoms with E-state index in [-0.39, 0.29) is 5.82 Å². The van der Waals surface area contributed by atoms with Crippen molar-refractivity contribution in [2.75, 3.05) is 0 Å². The smallest absolute Gasteiger partial charge is 0.123 e. The number of hydrogen-bond acceptors (Lipinski definition) is 0. The molecule has 0 bridgehead atoms. The molecular formula is C14H12F. The summed E-state index contributed by atoms with van der Waals surface area (Å²) in [5, 5.41) is 0. The number of aryl methyl sites for hydroxylation is 2. The number of hydrogen-bond donors (Lipinski definition) is 0. The Bertz CT molecular complexity index is 466. The van der Waals surface area contributed by atoms with Crippen molar-refractivity contribution >= 4 is 0 Å². The molecule has 0 amide bonds. The van der Waals surface area contributed by atoms with Crippen LogP contribution in [-0.4, -0.2) is 0 Å². The van der Waals surface area contributed by atoms with Crippen LogP contribution in [0.3, 0.4) is 0 Å². The number of rotatable bonds is 1. The van der Waals surface area contributed by atoms with E-state index in [1.54, 1.807) is 12.1 Å². The fraction of sp³-hybridized carbons (Fsp3) is 0.143. The highest BCUT2D eigenvalue weighted by atomic mass is 19.1. The van der Waals surface area contributed by atoms with Crippen molar-refractivity contribution in [3.8, 4) is 11.1 Å². The van der Waals surface area contributed by atoms with Gasteiger partial charge in [-0.25, -0.2) is 4.39 Å². The Balaban J connectivity index is 2.54. The van der Waals surface area contributed by atoms with Gasteiger partial charge in [0.25, 0.3) is 0 Å². The zero-order chi connectivity index (χ0) is 10.8. The van der Waals surface area contributed by atoms with Crippen LogP contribution in [0.4, 0.5) is 4.39 Å². The summed E-state index contributed by atoms with van der Waals surface area (Å²) < 4.78 is 13.0. The van der Waals surface area contributed by atoms with Crippen molar-refractivity contribution in [2.45, 2.75) is 13.8 Å². The monoisotopic (exact) mass is 199 g/mol. The van der Waals surface area contributed by atoms with Gasteiger partial charge in [0.05, 0.1) is 0 Å². The minimum absolute atomic E-state index is 0.198. The van der Waals surface area contributed by atoms with Crippen molar-refractivity contribution in [2.24, 2.45) is 0 Å². The van der Waals surface area contributed by atoms with Crippen LogP contribution in [0.2, 0.25) is 0 Å². The highest BCUT2D eigenvalue weighted by Crippen LogP contribution is 2.22. The van der Waals surface area contributed by atoms with Gasteiger partial charge < -0.3 is 0 Å². The van der Waals surface area contributed by atoms with Crippen LogP contribution < -0.4 is 0 Å². The van der Waals surface area contributed by atoms with E-state index in [1.165, 1.54) is 6.07 Å². The van der Waals surface area contributed by atoms with Gasteiger partial charge >= 0.3 is 0 Å². The van der Waals surface area contributed by atoms with E-state index in [4.69, 9.17) is 0 Å². The lowest BCUT2D eigenvalue weighted by Crippen LogP contribution is -1.84. The molecule has 2 aromatic rings. The Morgan fingerprint density at radius 1 is 0.933 bits per heavy atom. The highest BCUT2D eigenvalue weighted by molar-refractivity contribution is 5.64. The quantitative estimate of drug-likeness (QED) is 0.653. The third-order valence-corrected chi connectivity index (χ3v) is 2.30. The predicted octanol–water partition coefficient (Wildman–Crippen LogP) is 3.91. The molecular weight excluding hydrogens is 187 g/mol. The molecule has 0 nitrogen and oxygen atoms in total. The van der Waals surface area contributed by atoms with Crippen LogP contribution in [0.25, 0.3) is 11.1 Å². The molecule has 0 aliphatic carbocycles. The van der Waals surface area contributed by atoms with E-state index in [0.717, 1.165) is 22.3 Å². The van der Waals surface area contributed by atoms with E-state index in [1.807, 2.05) is 32.0 Å². The van der Waals surface area contributed by atoms with Crippen molar-refractivity contribution < 1.29 is 4.39 Å². The largest absolute Gasteiger partial charge is 0.207 e. The summed E-state index contributed by atoms with van der Waals surface area (Å²) in [7, 11) is 0. The summed E-state index contributed by atoms with van der Waals surface area (Å²) in [4.78, 5) is 0. The third-order valence-electron chi connectivity index (χ3n) is 2.30. The van der Waals surface area contributed by atoms with Crippen molar-refractivity contribution in [1.82, 2.24) is 0 Å². The van der Waals surface area contributed by atoms with E-state index in [0.29, 0.717) is 0 Å². The highest BCUT2D eigenvalue weighted by Gasteiger charge is 2.00. The average Bonchev–Trinajstić information content (AvgIpc) is 2.16. The van der Waals surface area contributed by atoms with Crippen molar-refractivity contribution in [3.63, 3.8) is 0 Å². The van der Waals surface area contributed by atoms with E-state index < -0.39 is 0 Å². The molecule has 1 heteroatoms. The molecule has 0 saturated carbocycles. The zero-order valence-corrected chi connectivity index (χ0v) is 8.84. The molecule has 0 spiro atoms. The van der Waals surface area contributed by atoms with Gasteiger partial charge in [-0.15, -0.1) is 0 Å². The van der Waals surface area contributed by atoms with Gasteiger partial charge in [-0.3, -0.25) is 0 Å². The normalized spacial score (nSPS) is 10.3. The van der Waals surface area contributed by atoms with Crippen molar-refractivity contribution in [3.05, 3.63) is 59.4 Å². The lowest BCUT2D eigenvalue weighted by atomic mass is 10.0. The molecule has 0 fully saturated rings. The number of benzene rings is 2. The van der Waals surface area contributed by atoms with Crippen LogP contribution in [0, 0.1) is 25.7 Å². The molecule has 0 unspecified atom stereocenters. The Morgan fingerprint density at radius 2 is 1.60 bits per heavy atom. The van der Waals surface area contributed by atoms with E-state index >= 15 is 0 Å². The van der Waals surface area contributed by atoms with Crippen molar-refractivity contribution in [1.29, 1.82) is 0 Å². The van der Waals surface area contributed by atoms with Gasteiger partial charge in [-0.2, -0.15) is 0 Å². The molecule has 0 atom stereocenters. The Hall–Kier alpha value is -1.63. The first-order chi connectivity index (χ1) is 7.15. The predicted molar refractivity (Wildman–Crippen MR) is 60.1 cm³/mol. The topological polar surface area (TPSA) is 0 Å². The molecule has 1 radical (unpaired) electrons. The molecule has 15 heavy (non-hydrogen) atoms. The molecule has 0 aromatic heterocycles. The van der Waals surface area contributed by atoms with Gasteiger partial charge in [0.2, 0.25) is 0 Å². The standard InChI is InChI=1S/C14H12F/c1-10-6-11(2)8-13(7-10)12-4-3-5-14(15)9-12/h3-5,7-9H,1-2H3. The molecule has 0 aliphatic rings. The van der Waals surface area contributed by atoms with Crippen LogP contribution in [0.1, 0.15) is 11.1 Å². The molecule has 0 aliphatic heterocycles. The first-order valence-electron chi connectivity index (χ1n) is 4.92. The summed E-state index contributed by atoms with van der Waals surface area (Å²) in [6.45, 7) is 3.99. The Morgan fingerprint density at radius 3 is 2.20 bits per heavy atom. The molecule has 75 valence electrons. The summed E-state index contributed by atoms with van der Waals surface area (Å²) in [5.41, 5.74) is 4.11. The van der Waals surface area contributed by atoms with Gasteiger partial charge in [0.1, 0.15) is 5.82 Å². The van der Waals surface area contributed by atoms with E-state index in [9.17, 15) is 4.39 Å². The number of halogens is 1. The SMILES string of the molecule is Cc1[c]c(C)cc(-c2cccc(F)c2)c1. The maximum absolute atomic E-state index is 13.0. The van der Waals surface area contributed by atoms with Gasteiger partial charge in [-0.1, -0.05) is 24.3 Å².